The monoisotopic (exact) mass is 563 g/mol. The Morgan fingerprint density at radius 2 is 1.72 bits per heavy atom. The van der Waals surface area contributed by atoms with Gasteiger partial charge in [0.05, 0.1) is 18.1 Å². The van der Waals surface area contributed by atoms with Gasteiger partial charge in [0, 0.05) is 40.6 Å². The zero-order valence-electron chi connectivity index (χ0n) is 21.0. The van der Waals surface area contributed by atoms with Crippen LogP contribution in [-0.4, -0.2) is 54.8 Å². The molecule has 2 aliphatic heterocycles. The maximum Gasteiger partial charge on any atom is 0.294 e. The summed E-state index contributed by atoms with van der Waals surface area (Å²) < 4.78 is 11.3. The van der Waals surface area contributed by atoms with Crippen molar-refractivity contribution in [3.8, 4) is 5.75 Å². The second-order valence-corrected chi connectivity index (χ2v) is 10.3. The number of benzene rings is 3. The number of hydrogen-bond donors (Lipinski definition) is 1. The van der Waals surface area contributed by atoms with Crippen LogP contribution >= 0.6 is 23.4 Å². The minimum absolute atomic E-state index is 0.219. The first-order valence-corrected chi connectivity index (χ1v) is 13.6. The van der Waals surface area contributed by atoms with E-state index in [4.69, 9.17) is 21.1 Å². The molecule has 3 amide bonds. The number of rotatable bonds is 8. The molecule has 0 spiro atoms. The van der Waals surface area contributed by atoms with Crippen molar-refractivity contribution in [2.24, 2.45) is 0 Å². The van der Waals surface area contributed by atoms with Gasteiger partial charge in [-0.25, -0.2) is 0 Å². The third kappa shape index (κ3) is 6.62. The van der Waals surface area contributed by atoms with Gasteiger partial charge in [-0.15, -0.1) is 0 Å². The van der Waals surface area contributed by atoms with E-state index in [1.54, 1.807) is 36.4 Å². The Labute approximate surface area is 235 Å². The molecule has 0 saturated carbocycles. The molecule has 5 rings (SSSR count). The number of carbonyl (C=O) groups is 3. The average Bonchev–Trinajstić information content (AvgIpc) is 3.21. The molecule has 0 aromatic heterocycles. The summed E-state index contributed by atoms with van der Waals surface area (Å²) in [5, 5.41) is 2.86. The molecule has 3 aromatic carbocycles. The SMILES string of the molecule is O=C(CN1C(=O)S/C(=C/c2ccccc2OCc2ccccc2Cl)C1=O)Nc1ccc(N2CCOCC2)cc1. The van der Waals surface area contributed by atoms with E-state index in [1.165, 1.54) is 0 Å². The van der Waals surface area contributed by atoms with Gasteiger partial charge in [0.1, 0.15) is 18.9 Å². The van der Waals surface area contributed by atoms with Crippen molar-refractivity contribution in [3.05, 3.63) is 93.9 Å². The van der Waals surface area contributed by atoms with Crippen LogP contribution in [0.2, 0.25) is 5.02 Å². The Bertz CT molecular complexity index is 1410. The highest BCUT2D eigenvalue weighted by Gasteiger charge is 2.36. The maximum atomic E-state index is 13.0. The minimum atomic E-state index is -0.524. The lowest BCUT2D eigenvalue weighted by Crippen LogP contribution is -2.36. The number of nitrogens with zero attached hydrogens (tertiary/aromatic N) is 2. The molecule has 200 valence electrons. The largest absolute Gasteiger partial charge is 0.488 e. The predicted octanol–water partition coefficient (Wildman–Crippen LogP) is 5.43. The van der Waals surface area contributed by atoms with Crippen LogP contribution in [0, 0.1) is 0 Å². The lowest BCUT2D eigenvalue weighted by atomic mass is 10.1. The Morgan fingerprint density at radius 3 is 2.49 bits per heavy atom. The fourth-order valence-electron chi connectivity index (χ4n) is 4.20. The molecule has 10 heteroatoms. The van der Waals surface area contributed by atoms with Crippen molar-refractivity contribution in [3.63, 3.8) is 0 Å². The van der Waals surface area contributed by atoms with Crippen LogP contribution in [0.5, 0.6) is 5.75 Å². The molecule has 1 N–H and O–H groups in total. The summed E-state index contributed by atoms with van der Waals surface area (Å²) in [6.45, 7) is 2.88. The number of anilines is 2. The molecule has 0 unspecified atom stereocenters. The van der Waals surface area contributed by atoms with Gasteiger partial charge >= 0.3 is 0 Å². The van der Waals surface area contributed by atoms with Gasteiger partial charge in [0.15, 0.2) is 0 Å². The molecular weight excluding hydrogens is 538 g/mol. The number of para-hydroxylation sites is 1. The number of amides is 3. The van der Waals surface area contributed by atoms with Gasteiger partial charge in [-0.2, -0.15) is 0 Å². The van der Waals surface area contributed by atoms with Crippen LogP contribution in [0.15, 0.2) is 77.7 Å². The lowest BCUT2D eigenvalue weighted by molar-refractivity contribution is -0.127. The van der Waals surface area contributed by atoms with E-state index in [0.717, 1.165) is 41.0 Å². The van der Waals surface area contributed by atoms with Crippen LogP contribution in [0.4, 0.5) is 16.2 Å². The molecule has 2 aliphatic rings. The highest BCUT2D eigenvalue weighted by molar-refractivity contribution is 8.18. The fourth-order valence-corrected chi connectivity index (χ4v) is 5.22. The van der Waals surface area contributed by atoms with Crippen LogP contribution in [0.3, 0.4) is 0 Å². The van der Waals surface area contributed by atoms with E-state index >= 15 is 0 Å². The van der Waals surface area contributed by atoms with E-state index < -0.39 is 17.1 Å². The van der Waals surface area contributed by atoms with Crippen molar-refractivity contribution in [2.75, 3.05) is 43.1 Å². The third-order valence-electron chi connectivity index (χ3n) is 6.25. The predicted molar refractivity (Wildman–Crippen MR) is 153 cm³/mol. The molecule has 2 heterocycles. The molecular formula is C29H26ClN3O5S. The summed E-state index contributed by atoms with van der Waals surface area (Å²) in [5.74, 6) is -0.438. The quantitative estimate of drug-likeness (QED) is 0.366. The zero-order valence-corrected chi connectivity index (χ0v) is 22.5. The van der Waals surface area contributed by atoms with Crippen molar-refractivity contribution in [2.45, 2.75) is 6.61 Å². The molecule has 2 fully saturated rings. The summed E-state index contributed by atoms with van der Waals surface area (Å²) >= 11 is 7.02. The second-order valence-electron chi connectivity index (χ2n) is 8.88. The van der Waals surface area contributed by atoms with Crippen molar-refractivity contribution < 1.29 is 23.9 Å². The summed E-state index contributed by atoms with van der Waals surface area (Å²) in [7, 11) is 0. The number of hydrogen-bond acceptors (Lipinski definition) is 7. The number of morpholine rings is 1. The highest BCUT2D eigenvalue weighted by Crippen LogP contribution is 2.34. The normalized spacial score (nSPS) is 16.6. The zero-order chi connectivity index (χ0) is 27.2. The Balaban J connectivity index is 1.21. The van der Waals surface area contributed by atoms with Gasteiger partial charge in [-0.1, -0.05) is 48.0 Å². The second kappa shape index (κ2) is 12.4. The van der Waals surface area contributed by atoms with E-state index in [1.807, 2.05) is 42.5 Å². The number of nitrogens with one attached hydrogen (secondary N) is 1. The Hall–Kier alpha value is -3.79. The van der Waals surface area contributed by atoms with E-state index in [-0.39, 0.29) is 18.1 Å². The Morgan fingerprint density at radius 1 is 1.00 bits per heavy atom. The first kappa shape index (κ1) is 26.8. The van der Waals surface area contributed by atoms with E-state index in [0.29, 0.717) is 35.2 Å². The van der Waals surface area contributed by atoms with Gasteiger partial charge in [0.25, 0.3) is 11.1 Å². The Kier molecular flexibility index (Phi) is 8.51. The number of thioether (sulfide) groups is 1. The summed E-state index contributed by atoms with van der Waals surface area (Å²) in [4.78, 5) is 41.7. The van der Waals surface area contributed by atoms with Crippen molar-refractivity contribution in [1.29, 1.82) is 0 Å². The number of halogens is 1. The topological polar surface area (TPSA) is 88.2 Å². The first-order chi connectivity index (χ1) is 19.0. The molecule has 8 nitrogen and oxygen atoms in total. The number of carbonyl (C=O) groups excluding carboxylic acids is 3. The lowest BCUT2D eigenvalue weighted by Gasteiger charge is -2.28. The molecule has 3 aromatic rings. The molecule has 0 atom stereocenters. The van der Waals surface area contributed by atoms with Crippen LogP contribution in [0.1, 0.15) is 11.1 Å². The van der Waals surface area contributed by atoms with Gasteiger partial charge in [0.2, 0.25) is 5.91 Å². The summed E-state index contributed by atoms with van der Waals surface area (Å²) in [6, 6.07) is 22.1. The fraction of sp³-hybridized carbons (Fsp3) is 0.207. The van der Waals surface area contributed by atoms with Gasteiger partial charge in [-0.05, 0) is 54.2 Å². The average molecular weight is 564 g/mol. The van der Waals surface area contributed by atoms with Crippen molar-refractivity contribution >= 4 is 57.9 Å². The first-order valence-electron chi connectivity index (χ1n) is 12.4. The molecule has 0 aliphatic carbocycles. The molecule has 2 saturated heterocycles. The molecule has 0 bridgehead atoms. The molecule has 39 heavy (non-hydrogen) atoms. The van der Waals surface area contributed by atoms with Gasteiger partial charge < -0.3 is 19.7 Å². The summed E-state index contributed by atoms with van der Waals surface area (Å²) in [5.41, 5.74) is 3.10. The smallest absolute Gasteiger partial charge is 0.294 e. The highest BCUT2D eigenvalue weighted by atomic mass is 35.5. The van der Waals surface area contributed by atoms with Crippen LogP contribution in [0.25, 0.3) is 6.08 Å². The van der Waals surface area contributed by atoms with Crippen molar-refractivity contribution in [1.82, 2.24) is 4.90 Å². The molecule has 0 radical (unpaired) electrons. The van der Waals surface area contributed by atoms with E-state index in [9.17, 15) is 14.4 Å². The summed E-state index contributed by atoms with van der Waals surface area (Å²) in [6.07, 6.45) is 1.61. The third-order valence-corrected chi connectivity index (χ3v) is 7.53. The minimum Gasteiger partial charge on any atom is -0.488 e. The number of imide groups is 1. The standard InChI is InChI=1S/C29H26ClN3O5S/c30-24-7-3-1-6-21(24)19-38-25-8-4-2-5-20(25)17-26-28(35)33(29(36)39-26)18-27(34)31-22-9-11-23(12-10-22)32-13-15-37-16-14-32/h1-12,17H,13-16,18-19H2,(H,31,34)/b26-17+. The number of ether oxygens (including phenoxy) is 2. The maximum absolute atomic E-state index is 13.0. The van der Waals surface area contributed by atoms with E-state index in [2.05, 4.69) is 10.2 Å². The van der Waals surface area contributed by atoms with Crippen LogP contribution in [-0.2, 0) is 20.9 Å². The van der Waals surface area contributed by atoms with Gasteiger partial charge in [-0.3, -0.25) is 19.3 Å². The van der Waals surface area contributed by atoms with Crippen LogP contribution < -0.4 is 15.0 Å².